The molecule has 0 radical (unpaired) electrons. The summed E-state index contributed by atoms with van der Waals surface area (Å²) in [4.78, 5) is 12.5. The Morgan fingerprint density at radius 3 is 2.35 bits per heavy atom. The fraction of sp³-hybridized carbons (Fsp3) is 0.364. The van der Waals surface area contributed by atoms with E-state index in [1.165, 1.54) is 7.05 Å². The summed E-state index contributed by atoms with van der Waals surface area (Å²) in [5.41, 5.74) is 6.86. The van der Waals surface area contributed by atoms with Crippen LogP contribution in [0.4, 0.5) is 14.5 Å². The van der Waals surface area contributed by atoms with Gasteiger partial charge in [0, 0.05) is 12.7 Å². The topological polar surface area (TPSA) is 46.3 Å². The molecule has 0 saturated carbocycles. The molecule has 0 heterocycles. The number of nitrogens with two attached hydrogens (primary N) is 1. The highest BCUT2D eigenvalue weighted by molar-refractivity contribution is 5.85. The Hall–Kier alpha value is -1.36. The van der Waals surface area contributed by atoms with Crippen LogP contribution < -0.4 is 5.73 Å². The molecule has 0 aliphatic heterocycles. The lowest BCUT2D eigenvalue weighted by atomic mass is 10.1. The summed E-state index contributed by atoms with van der Waals surface area (Å²) in [5, 5.41) is 0. The summed E-state index contributed by atoms with van der Waals surface area (Å²) in [5.74, 6) is -0.329. The number of halogens is 3. The van der Waals surface area contributed by atoms with Crippen LogP contribution in [0, 0.1) is 0 Å². The standard InChI is InChI=1S/C11H14F2N2O.ClH/c1-15(7-10(12)13)11(16)6-8-2-4-9(14)5-3-8;/h2-5,10H,6-7,14H2,1H3;1H. The molecular formula is C11H15ClF2N2O. The van der Waals surface area contributed by atoms with Crippen LogP contribution >= 0.6 is 12.4 Å². The molecule has 0 bridgehead atoms. The first-order valence-electron chi connectivity index (χ1n) is 4.85. The third-order valence-corrected chi connectivity index (χ3v) is 2.17. The molecule has 2 N–H and O–H groups in total. The first-order valence-corrected chi connectivity index (χ1v) is 4.85. The molecule has 3 nitrogen and oxygen atoms in total. The maximum absolute atomic E-state index is 12.0. The van der Waals surface area contributed by atoms with Crippen molar-refractivity contribution < 1.29 is 13.6 Å². The van der Waals surface area contributed by atoms with Crippen molar-refractivity contribution in [3.8, 4) is 0 Å². The number of nitrogens with zero attached hydrogens (tertiary/aromatic N) is 1. The van der Waals surface area contributed by atoms with Crippen LogP contribution in [-0.4, -0.2) is 30.8 Å². The van der Waals surface area contributed by atoms with Crippen LogP contribution in [0.2, 0.25) is 0 Å². The molecule has 6 heteroatoms. The summed E-state index contributed by atoms with van der Waals surface area (Å²) in [7, 11) is 1.37. The Bertz CT molecular complexity index is 357. The number of hydrogen-bond donors (Lipinski definition) is 1. The number of likely N-dealkylation sites (N-methyl/N-ethyl adjacent to an activating group) is 1. The van der Waals surface area contributed by atoms with Gasteiger partial charge in [-0.25, -0.2) is 8.78 Å². The van der Waals surface area contributed by atoms with Gasteiger partial charge in [0.2, 0.25) is 5.91 Å². The fourth-order valence-electron chi connectivity index (χ4n) is 1.25. The van der Waals surface area contributed by atoms with Gasteiger partial charge in [-0.3, -0.25) is 4.79 Å². The fourth-order valence-corrected chi connectivity index (χ4v) is 1.25. The SMILES string of the molecule is CN(CC(F)F)C(=O)Cc1ccc(N)cc1.Cl. The van der Waals surface area contributed by atoms with Gasteiger partial charge in [0.15, 0.2) is 0 Å². The highest BCUT2D eigenvalue weighted by Crippen LogP contribution is 2.07. The predicted octanol–water partition coefficient (Wildman–Crippen LogP) is 1.96. The normalized spacial score (nSPS) is 9.88. The highest BCUT2D eigenvalue weighted by atomic mass is 35.5. The summed E-state index contributed by atoms with van der Waals surface area (Å²) in [6.07, 6.45) is -2.39. The first kappa shape index (κ1) is 15.6. The van der Waals surface area contributed by atoms with Gasteiger partial charge in [-0.1, -0.05) is 12.1 Å². The molecule has 96 valence electrons. The van der Waals surface area contributed by atoms with Gasteiger partial charge >= 0.3 is 0 Å². The van der Waals surface area contributed by atoms with Gasteiger partial charge in [-0.15, -0.1) is 12.4 Å². The number of rotatable bonds is 4. The number of alkyl halides is 2. The molecule has 1 aromatic carbocycles. The number of hydrogen-bond acceptors (Lipinski definition) is 2. The maximum Gasteiger partial charge on any atom is 0.255 e. The minimum Gasteiger partial charge on any atom is -0.399 e. The zero-order valence-electron chi connectivity index (χ0n) is 9.40. The van der Waals surface area contributed by atoms with Gasteiger partial charge in [0.1, 0.15) is 0 Å². The molecule has 0 spiro atoms. The van der Waals surface area contributed by atoms with Gasteiger partial charge in [-0.05, 0) is 17.7 Å². The molecule has 0 atom stereocenters. The number of nitrogen functional groups attached to an aromatic ring is 1. The quantitative estimate of drug-likeness (QED) is 0.845. The van der Waals surface area contributed by atoms with Crippen molar-refractivity contribution in [3.05, 3.63) is 29.8 Å². The number of benzene rings is 1. The van der Waals surface area contributed by atoms with Crippen molar-refractivity contribution in [2.45, 2.75) is 12.8 Å². The monoisotopic (exact) mass is 264 g/mol. The first-order chi connectivity index (χ1) is 7.49. The van der Waals surface area contributed by atoms with Gasteiger partial charge < -0.3 is 10.6 Å². The molecule has 0 aliphatic rings. The highest BCUT2D eigenvalue weighted by Gasteiger charge is 2.13. The second-order valence-corrected chi connectivity index (χ2v) is 3.58. The second-order valence-electron chi connectivity index (χ2n) is 3.58. The molecule has 0 unspecified atom stereocenters. The largest absolute Gasteiger partial charge is 0.399 e. The van der Waals surface area contributed by atoms with Crippen LogP contribution in [-0.2, 0) is 11.2 Å². The third-order valence-electron chi connectivity index (χ3n) is 2.17. The number of amides is 1. The average Bonchev–Trinajstić information content (AvgIpc) is 2.20. The summed E-state index contributed by atoms with van der Waals surface area (Å²) in [6, 6.07) is 6.78. The molecule has 0 aliphatic carbocycles. The van der Waals surface area contributed by atoms with Crippen molar-refractivity contribution in [2.24, 2.45) is 0 Å². The molecule has 17 heavy (non-hydrogen) atoms. The Morgan fingerprint density at radius 2 is 1.88 bits per heavy atom. The molecule has 0 aromatic heterocycles. The van der Waals surface area contributed by atoms with Gasteiger partial charge in [0.05, 0.1) is 13.0 Å². The number of carbonyl (C=O) groups excluding carboxylic acids is 1. The van der Waals surface area contributed by atoms with E-state index in [0.717, 1.165) is 10.5 Å². The summed E-state index contributed by atoms with van der Waals surface area (Å²) < 4.78 is 24.1. The van der Waals surface area contributed by atoms with E-state index in [9.17, 15) is 13.6 Å². The van der Waals surface area contributed by atoms with E-state index in [4.69, 9.17) is 5.73 Å². The molecular weight excluding hydrogens is 250 g/mol. The molecule has 1 aromatic rings. The zero-order chi connectivity index (χ0) is 12.1. The van der Waals surface area contributed by atoms with Crippen LogP contribution in [0.25, 0.3) is 0 Å². The molecule has 1 rings (SSSR count). The van der Waals surface area contributed by atoms with Gasteiger partial charge in [0.25, 0.3) is 6.43 Å². The molecule has 0 saturated heterocycles. The van der Waals surface area contributed by atoms with E-state index >= 15 is 0 Å². The van der Waals surface area contributed by atoms with Crippen LogP contribution in [0.1, 0.15) is 5.56 Å². The van der Waals surface area contributed by atoms with Crippen LogP contribution in [0.15, 0.2) is 24.3 Å². The van der Waals surface area contributed by atoms with E-state index in [1.807, 2.05) is 0 Å². The minimum absolute atomic E-state index is 0. The Labute approximate surface area is 105 Å². The average molecular weight is 265 g/mol. The van der Waals surface area contributed by atoms with Crippen molar-refractivity contribution in [1.82, 2.24) is 4.90 Å². The van der Waals surface area contributed by atoms with Gasteiger partial charge in [-0.2, -0.15) is 0 Å². The van der Waals surface area contributed by atoms with Crippen molar-refractivity contribution in [3.63, 3.8) is 0 Å². The number of carbonyl (C=O) groups is 1. The summed E-state index contributed by atoms with van der Waals surface area (Å²) in [6.45, 7) is -0.534. The Morgan fingerprint density at radius 1 is 1.35 bits per heavy atom. The summed E-state index contributed by atoms with van der Waals surface area (Å²) >= 11 is 0. The minimum atomic E-state index is -2.50. The lowest BCUT2D eigenvalue weighted by Gasteiger charge is -2.16. The lowest BCUT2D eigenvalue weighted by molar-refractivity contribution is -0.130. The van der Waals surface area contributed by atoms with E-state index in [0.29, 0.717) is 5.69 Å². The van der Waals surface area contributed by atoms with Crippen LogP contribution in [0.5, 0.6) is 0 Å². The smallest absolute Gasteiger partial charge is 0.255 e. The maximum atomic E-state index is 12.0. The molecule has 1 amide bonds. The third kappa shape index (κ3) is 5.49. The number of anilines is 1. The van der Waals surface area contributed by atoms with Crippen molar-refractivity contribution in [1.29, 1.82) is 0 Å². The van der Waals surface area contributed by atoms with E-state index in [2.05, 4.69) is 0 Å². The second kappa shape index (κ2) is 7.06. The zero-order valence-corrected chi connectivity index (χ0v) is 10.2. The van der Waals surface area contributed by atoms with Crippen LogP contribution in [0.3, 0.4) is 0 Å². The Balaban J connectivity index is 0.00000256. The molecule has 0 fully saturated rings. The van der Waals surface area contributed by atoms with E-state index in [1.54, 1.807) is 24.3 Å². The van der Waals surface area contributed by atoms with E-state index in [-0.39, 0.29) is 24.7 Å². The lowest BCUT2D eigenvalue weighted by Crippen LogP contribution is -2.32. The van der Waals surface area contributed by atoms with Crippen molar-refractivity contribution in [2.75, 3.05) is 19.3 Å². The Kier molecular flexibility index (Phi) is 6.50. The van der Waals surface area contributed by atoms with Crippen molar-refractivity contribution >= 4 is 24.0 Å². The van der Waals surface area contributed by atoms with E-state index < -0.39 is 13.0 Å². The predicted molar refractivity (Wildman–Crippen MR) is 65.4 cm³/mol.